The minimum Gasteiger partial charge on any atom is -0.385 e. The lowest BCUT2D eigenvalue weighted by molar-refractivity contribution is 0.195. The number of pyridine rings is 1. The number of ether oxygens (including phenoxy) is 1. The van der Waals surface area contributed by atoms with Gasteiger partial charge in [0.2, 0.25) is 0 Å². The molecule has 0 bridgehead atoms. The van der Waals surface area contributed by atoms with Gasteiger partial charge in [-0.1, -0.05) is 6.07 Å². The van der Waals surface area contributed by atoms with Crippen molar-refractivity contribution in [2.24, 2.45) is 0 Å². The molecule has 0 aliphatic carbocycles. The normalized spacial score (nSPS) is 10.1. The smallest absolute Gasteiger partial charge is 0.168 e. The molecular formula is C13H21N3OS. The van der Waals surface area contributed by atoms with Crippen LogP contribution in [-0.4, -0.2) is 48.9 Å². The number of methoxy groups -OCH3 is 1. The highest BCUT2D eigenvalue weighted by Crippen LogP contribution is 1.97. The molecule has 0 radical (unpaired) electrons. The number of rotatable bonds is 7. The molecule has 4 nitrogen and oxygen atoms in total. The summed E-state index contributed by atoms with van der Waals surface area (Å²) < 4.78 is 4.98. The van der Waals surface area contributed by atoms with Gasteiger partial charge in [-0.05, 0) is 30.8 Å². The van der Waals surface area contributed by atoms with Gasteiger partial charge in [-0.15, -0.1) is 0 Å². The molecule has 5 heteroatoms. The van der Waals surface area contributed by atoms with E-state index < -0.39 is 0 Å². The van der Waals surface area contributed by atoms with E-state index in [1.165, 1.54) is 0 Å². The molecule has 0 aliphatic rings. The van der Waals surface area contributed by atoms with E-state index in [2.05, 4.69) is 10.3 Å². The summed E-state index contributed by atoms with van der Waals surface area (Å²) in [5, 5.41) is 3.99. The highest BCUT2D eigenvalue weighted by Gasteiger charge is 2.03. The monoisotopic (exact) mass is 267 g/mol. The zero-order valence-electron chi connectivity index (χ0n) is 11.1. The van der Waals surface area contributed by atoms with Crippen LogP contribution in [0, 0.1) is 0 Å². The van der Waals surface area contributed by atoms with E-state index in [4.69, 9.17) is 17.0 Å². The van der Waals surface area contributed by atoms with Crippen LogP contribution in [0.1, 0.15) is 12.1 Å². The lowest BCUT2D eigenvalue weighted by Gasteiger charge is -2.20. The fourth-order valence-electron chi connectivity index (χ4n) is 1.48. The van der Waals surface area contributed by atoms with Crippen LogP contribution in [0.4, 0.5) is 0 Å². The van der Waals surface area contributed by atoms with Crippen molar-refractivity contribution in [3.8, 4) is 0 Å². The zero-order valence-corrected chi connectivity index (χ0v) is 11.9. The Morgan fingerprint density at radius 1 is 1.50 bits per heavy atom. The van der Waals surface area contributed by atoms with Gasteiger partial charge in [-0.25, -0.2) is 0 Å². The summed E-state index contributed by atoms with van der Waals surface area (Å²) in [7, 11) is 3.70. The van der Waals surface area contributed by atoms with Gasteiger partial charge >= 0.3 is 0 Å². The van der Waals surface area contributed by atoms with E-state index in [1.807, 2.05) is 36.3 Å². The summed E-state index contributed by atoms with van der Waals surface area (Å²) in [6, 6.07) is 5.96. The molecule has 1 aromatic heterocycles. The molecule has 0 amide bonds. The first kappa shape index (κ1) is 14.9. The number of likely N-dealkylation sites (N-methyl/N-ethyl adjacent to an activating group) is 1. The highest BCUT2D eigenvalue weighted by atomic mass is 32.1. The van der Waals surface area contributed by atoms with Gasteiger partial charge in [0.05, 0.1) is 0 Å². The average Bonchev–Trinajstić information content (AvgIpc) is 2.42. The maximum atomic E-state index is 5.30. The van der Waals surface area contributed by atoms with Gasteiger partial charge in [-0.3, -0.25) is 4.98 Å². The van der Waals surface area contributed by atoms with Crippen LogP contribution in [0.15, 0.2) is 24.4 Å². The lowest BCUT2D eigenvalue weighted by Crippen LogP contribution is -2.38. The van der Waals surface area contributed by atoms with Crippen molar-refractivity contribution in [1.29, 1.82) is 0 Å². The van der Waals surface area contributed by atoms with E-state index >= 15 is 0 Å². The Labute approximate surface area is 114 Å². The summed E-state index contributed by atoms with van der Waals surface area (Å²) >= 11 is 5.30. The summed E-state index contributed by atoms with van der Waals surface area (Å²) in [4.78, 5) is 6.33. The van der Waals surface area contributed by atoms with Crippen LogP contribution < -0.4 is 5.32 Å². The Morgan fingerprint density at radius 2 is 2.33 bits per heavy atom. The molecule has 100 valence electrons. The number of nitrogens with zero attached hydrogens (tertiary/aromatic N) is 2. The Bertz CT molecular complexity index is 345. The van der Waals surface area contributed by atoms with E-state index in [1.54, 1.807) is 7.11 Å². The predicted octanol–water partition coefficient (Wildman–Crippen LogP) is 1.47. The molecule has 1 aromatic rings. The molecule has 1 rings (SSSR count). The number of aromatic nitrogens is 1. The fraction of sp³-hybridized carbons (Fsp3) is 0.538. The first-order chi connectivity index (χ1) is 8.74. The van der Waals surface area contributed by atoms with Crippen molar-refractivity contribution in [2.75, 3.05) is 33.9 Å². The summed E-state index contributed by atoms with van der Waals surface area (Å²) in [6.07, 6.45) is 3.68. The Morgan fingerprint density at radius 3 is 3.00 bits per heavy atom. The van der Waals surface area contributed by atoms with Crippen molar-refractivity contribution >= 4 is 17.3 Å². The summed E-state index contributed by atoms with van der Waals surface area (Å²) in [6.45, 7) is 2.47. The third-order valence-electron chi connectivity index (χ3n) is 2.58. The fourth-order valence-corrected chi connectivity index (χ4v) is 1.67. The Kier molecular flexibility index (Phi) is 7.29. The predicted molar refractivity (Wildman–Crippen MR) is 77.7 cm³/mol. The Hall–Kier alpha value is -1.20. The number of hydrogen-bond acceptors (Lipinski definition) is 3. The molecule has 0 atom stereocenters. The molecule has 1 N–H and O–H groups in total. The molecule has 0 unspecified atom stereocenters. The van der Waals surface area contributed by atoms with Gasteiger partial charge in [0.15, 0.2) is 5.11 Å². The SMILES string of the molecule is COCCCNC(=S)N(C)CCc1ccccn1. The summed E-state index contributed by atoms with van der Waals surface area (Å²) in [5.41, 5.74) is 1.09. The maximum Gasteiger partial charge on any atom is 0.168 e. The second-order valence-electron chi connectivity index (χ2n) is 4.07. The van der Waals surface area contributed by atoms with Crippen LogP contribution in [0.3, 0.4) is 0 Å². The van der Waals surface area contributed by atoms with Gasteiger partial charge < -0.3 is 15.0 Å². The minimum absolute atomic E-state index is 0.757. The van der Waals surface area contributed by atoms with Crippen LogP contribution >= 0.6 is 12.2 Å². The molecular weight excluding hydrogens is 246 g/mol. The van der Waals surface area contributed by atoms with Crippen LogP contribution in [0.5, 0.6) is 0 Å². The standard InChI is InChI=1S/C13H21N3OS/c1-16(13(18)15-9-5-11-17-2)10-7-12-6-3-4-8-14-12/h3-4,6,8H,5,7,9-11H2,1-2H3,(H,15,18). The van der Waals surface area contributed by atoms with E-state index in [0.29, 0.717) is 0 Å². The largest absolute Gasteiger partial charge is 0.385 e. The molecule has 0 aliphatic heterocycles. The van der Waals surface area contributed by atoms with Crippen molar-refractivity contribution in [3.63, 3.8) is 0 Å². The molecule has 18 heavy (non-hydrogen) atoms. The molecule has 0 aromatic carbocycles. The quantitative estimate of drug-likeness (QED) is 0.598. The Balaban J connectivity index is 2.19. The second-order valence-corrected chi connectivity index (χ2v) is 4.46. The first-order valence-electron chi connectivity index (χ1n) is 6.12. The highest BCUT2D eigenvalue weighted by molar-refractivity contribution is 7.80. The zero-order chi connectivity index (χ0) is 13.2. The van der Waals surface area contributed by atoms with Crippen LogP contribution in [0.2, 0.25) is 0 Å². The lowest BCUT2D eigenvalue weighted by atomic mass is 10.2. The maximum absolute atomic E-state index is 5.30. The van der Waals surface area contributed by atoms with Crippen molar-refractivity contribution < 1.29 is 4.74 Å². The van der Waals surface area contributed by atoms with Crippen LogP contribution in [0.25, 0.3) is 0 Å². The van der Waals surface area contributed by atoms with Gasteiger partial charge in [0.1, 0.15) is 0 Å². The van der Waals surface area contributed by atoms with E-state index in [0.717, 1.165) is 43.3 Å². The molecule has 0 fully saturated rings. The molecule has 1 heterocycles. The number of thiocarbonyl (C=S) groups is 1. The average molecular weight is 267 g/mol. The topological polar surface area (TPSA) is 37.4 Å². The van der Waals surface area contributed by atoms with E-state index in [-0.39, 0.29) is 0 Å². The van der Waals surface area contributed by atoms with Crippen LogP contribution in [-0.2, 0) is 11.2 Å². The molecule has 0 saturated heterocycles. The summed E-state index contributed by atoms with van der Waals surface area (Å²) in [5.74, 6) is 0. The second kappa shape index (κ2) is 8.83. The van der Waals surface area contributed by atoms with Crippen molar-refractivity contribution in [3.05, 3.63) is 30.1 Å². The van der Waals surface area contributed by atoms with E-state index in [9.17, 15) is 0 Å². The third kappa shape index (κ3) is 5.93. The molecule has 0 spiro atoms. The van der Waals surface area contributed by atoms with Crippen molar-refractivity contribution in [1.82, 2.24) is 15.2 Å². The third-order valence-corrected chi connectivity index (χ3v) is 3.03. The molecule has 0 saturated carbocycles. The number of nitrogens with one attached hydrogen (secondary N) is 1. The minimum atomic E-state index is 0.757. The van der Waals surface area contributed by atoms with Crippen molar-refractivity contribution in [2.45, 2.75) is 12.8 Å². The van der Waals surface area contributed by atoms with Gasteiger partial charge in [0.25, 0.3) is 0 Å². The first-order valence-corrected chi connectivity index (χ1v) is 6.52. The van der Waals surface area contributed by atoms with Gasteiger partial charge in [0, 0.05) is 52.2 Å². The number of hydrogen-bond donors (Lipinski definition) is 1. The van der Waals surface area contributed by atoms with Gasteiger partial charge in [-0.2, -0.15) is 0 Å².